The number of aromatic nitrogens is 2. The van der Waals surface area contributed by atoms with Crippen LogP contribution in [0.4, 0.5) is 4.39 Å². The number of hydrogen-bond acceptors (Lipinski definition) is 10. The second-order valence-electron chi connectivity index (χ2n) is 12.4. The quantitative estimate of drug-likeness (QED) is 0.187. The molecule has 1 aromatic carbocycles. The van der Waals surface area contributed by atoms with Gasteiger partial charge >= 0.3 is 5.69 Å². The molecular weight excluding hydrogens is 638 g/mol. The van der Waals surface area contributed by atoms with Crippen LogP contribution in [0.5, 0.6) is 0 Å². The van der Waals surface area contributed by atoms with Crippen LogP contribution < -0.4 is 11.2 Å². The van der Waals surface area contributed by atoms with E-state index in [9.17, 15) is 9.59 Å². The molecule has 14 heteroatoms. The first kappa shape index (κ1) is 35.0. The third-order valence-electron chi connectivity index (χ3n) is 7.46. The van der Waals surface area contributed by atoms with Gasteiger partial charge in [0.2, 0.25) is 0 Å². The van der Waals surface area contributed by atoms with Gasteiger partial charge in [-0.25, -0.2) is 13.9 Å². The van der Waals surface area contributed by atoms with Crippen LogP contribution in [0.3, 0.4) is 0 Å². The Labute approximate surface area is 276 Å². The van der Waals surface area contributed by atoms with E-state index in [1.54, 1.807) is 10.8 Å². The molecule has 2 fully saturated rings. The van der Waals surface area contributed by atoms with Crippen LogP contribution in [0.25, 0.3) is 0 Å². The van der Waals surface area contributed by atoms with Crippen molar-refractivity contribution in [2.75, 3.05) is 39.5 Å². The molecule has 0 spiro atoms. The van der Waals surface area contributed by atoms with Gasteiger partial charge < -0.3 is 18.5 Å². The molecule has 3 heterocycles. The van der Waals surface area contributed by atoms with E-state index >= 15 is 4.39 Å². The molecule has 0 amide bonds. The number of nitrogens with zero attached hydrogens (tertiary/aromatic N) is 3. The Morgan fingerprint density at radius 1 is 1.18 bits per heavy atom. The second-order valence-corrected chi connectivity index (χ2v) is 16.7. The maximum atomic E-state index is 16.0. The summed E-state index contributed by atoms with van der Waals surface area (Å²) in [6.45, 7) is 17.2. The monoisotopic (exact) mass is 687 g/mol. The first-order valence-electron chi connectivity index (χ1n) is 16.1. The van der Waals surface area contributed by atoms with Gasteiger partial charge in [0, 0.05) is 55.0 Å². The fourth-order valence-electron chi connectivity index (χ4n) is 5.41. The number of rotatable bonds is 15. The van der Waals surface area contributed by atoms with Gasteiger partial charge in [0.25, 0.3) is 14.1 Å². The fourth-order valence-corrected chi connectivity index (χ4v) is 9.73. The molecule has 0 bridgehead atoms. The van der Waals surface area contributed by atoms with Crippen LogP contribution in [0.1, 0.15) is 61.6 Å². The number of ether oxygens (including phenoxy) is 2. The highest BCUT2D eigenvalue weighted by atomic mass is 33.1. The minimum atomic E-state index is -1.76. The molecule has 10 nitrogen and oxygen atoms in total. The smallest absolute Gasteiger partial charge is 0.330 e. The van der Waals surface area contributed by atoms with E-state index in [1.165, 1.54) is 11.1 Å². The Morgan fingerprint density at radius 3 is 2.56 bits per heavy atom. The number of H-pyrrole nitrogens is 1. The first-order chi connectivity index (χ1) is 21.9. The highest BCUT2D eigenvalue weighted by Crippen LogP contribution is 2.50. The average molecular weight is 688 g/mol. The van der Waals surface area contributed by atoms with Crippen LogP contribution in [0.15, 0.2) is 51.0 Å². The predicted octanol–water partition coefficient (Wildman–Crippen LogP) is 5.63. The van der Waals surface area contributed by atoms with Crippen molar-refractivity contribution in [3.8, 4) is 0 Å². The summed E-state index contributed by atoms with van der Waals surface area (Å²) in [5.41, 5.74) is -0.212. The Bertz CT molecular complexity index is 1360. The van der Waals surface area contributed by atoms with E-state index in [0.717, 1.165) is 49.0 Å². The third-order valence-corrected chi connectivity index (χ3v) is 13.0. The van der Waals surface area contributed by atoms with Gasteiger partial charge in [0.1, 0.15) is 6.10 Å². The van der Waals surface area contributed by atoms with Crippen molar-refractivity contribution in [3.05, 3.63) is 62.9 Å². The van der Waals surface area contributed by atoms with E-state index in [2.05, 4.69) is 40.5 Å². The van der Waals surface area contributed by atoms with E-state index in [0.29, 0.717) is 13.0 Å². The van der Waals surface area contributed by atoms with Gasteiger partial charge in [-0.15, -0.1) is 0 Å². The zero-order chi connectivity index (χ0) is 33.4. The molecule has 2 aliphatic rings. The Balaban J connectivity index is 1.44. The average Bonchev–Trinajstić information content (AvgIpc) is 3.31. The predicted molar refractivity (Wildman–Crippen MR) is 181 cm³/mol. The first-order valence-corrected chi connectivity index (χ1v) is 18.7. The van der Waals surface area contributed by atoms with E-state index in [1.807, 2.05) is 50.6 Å². The summed E-state index contributed by atoms with van der Waals surface area (Å²) in [4.78, 5) is 29.7. The molecule has 0 saturated carbocycles. The molecule has 45 heavy (non-hydrogen) atoms. The van der Waals surface area contributed by atoms with Crippen molar-refractivity contribution in [2.45, 2.75) is 101 Å². The normalized spacial score (nSPS) is 24.1. The van der Waals surface area contributed by atoms with E-state index in [-0.39, 0.29) is 23.7 Å². The Kier molecular flexibility index (Phi) is 13.0. The van der Waals surface area contributed by atoms with Crippen molar-refractivity contribution >= 4 is 30.1 Å². The van der Waals surface area contributed by atoms with Crippen molar-refractivity contribution in [1.29, 1.82) is 0 Å². The summed E-state index contributed by atoms with van der Waals surface area (Å²) in [5.74, 6) is 0. The number of morpholine rings is 1. The lowest BCUT2D eigenvalue weighted by molar-refractivity contribution is -0.0180. The number of alkyl halides is 1. The zero-order valence-electron chi connectivity index (χ0n) is 28.0. The standard InChI is InChI=1S/C31H48FN4O6PS2/c1-21(2)36(22(3)4)43(42-28-23(5)41-29(27(28)32)35-14-12-26(37)33-30(35)38)40-17-13-24-10-8-9-11-25(24)44-45-31(6,7)20-34-15-18-39-19-16-34/h8-12,14,21-23,27-29H,13,15-20H2,1-7H3,(H,33,37,38)/t23-,27+,28?,29-,43?/m1/s1/i5D. The topological polar surface area (TPSA) is 98.3 Å². The maximum absolute atomic E-state index is 16.0. The van der Waals surface area contributed by atoms with Gasteiger partial charge in [-0.05, 0) is 66.5 Å². The SMILES string of the molecule is [2H]C[C@H]1O[C@@H](n2ccc(=O)[nH]c2=O)[C@@H](F)C1OP(OCCc1ccccc1SSC(C)(C)CN1CCOCC1)N(C(C)C)C(C)C. The van der Waals surface area contributed by atoms with Gasteiger partial charge in [-0.1, -0.05) is 39.8 Å². The second kappa shape index (κ2) is 16.7. The van der Waals surface area contributed by atoms with Gasteiger partial charge in [-0.2, -0.15) is 0 Å². The molecule has 4 rings (SSSR count). The molecular formula is C31H48FN4O6PS2. The van der Waals surface area contributed by atoms with Gasteiger partial charge in [0.15, 0.2) is 12.4 Å². The maximum Gasteiger partial charge on any atom is 0.330 e. The molecule has 1 aromatic heterocycles. The minimum absolute atomic E-state index is 0.0338. The van der Waals surface area contributed by atoms with E-state index < -0.39 is 44.4 Å². The number of hydrogen-bond donors (Lipinski definition) is 1. The number of halogens is 1. The molecule has 0 radical (unpaired) electrons. The summed E-state index contributed by atoms with van der Waals surface area (Å²) in [6.07, 6.45) is -3.32. The zero-order valence-corrected chi connectivity index (χ0v) is 29.5. The third kappa shape index (κ3) is 10.1. The van der Waals surface area contributed by atoms with Crippen molar-refractivity contribution in [2.24, 2.45) is 0 Å². The molecule has 5 atom stereocenters. The molecule has 2 unspecified atom stereocenters. The number of aromatic amines is 1. The lowest BCUT2D eigenvalue weighted by atomic mass is 10.2. The van der Waals surface area contributed by atoms with Crippen LogP contribution in [0, 0.1) is 0 Å². The molecule has 252 valence electrons. The summed E-state index contributed by atoms with van der Waals surface area (Å²) < 4.78 is 51.3. The summed E-state index contributed by atoms with van der Waals surface area (Å²) in [6, 6.07) is 9.52. The Hall–Kier alpha value is -1.28. The largest absolute Gasteiger partial charge is 0.379 e. The molecule has 0 aliphatic carbocycles. The number of nitrogens with one attached hydrogen (secondary N) is 1. The van der Waals surface area contributed by atoms with Crippen LogP contribution >= 0.6 is 30.1 Å². The Morgan fingerprint density at radius 2 is 1.89 bits per heavy atom. The van der Waals surface area contributed by atoms with Crippen LogP contribution in [-0.2, 0) is 24.9 Å². The summed E-state index contributed by atoms with van der Waals surface area (Å²) in [5, 5.41) is 0. The summed E-state index contributed by atoms with van der Waals surface area (Å²) in [7, 11) is 1.88. The molecule has 2 saturated heterocycles. The number of benzene rings is 1. The lowest BCUT2D eigenvalue weighted by Gasteiger charge is -2.37. The molecule has 2 aromatic rings. The van der Waals surface area contributed by atoms with Crippen LogP contribution in [0.2, 0.25) is 0 Å². The van der Waals surface area contributed by atoms with Crippen molar-refractivity contribution in [1.82, 2.24) is 19.1 Å². The minimum Gasteiger partial charge on any atom is -0.379 e. The fraction of sp³-hybridized carbons (Fsp3) is 0.677. The van der Waals surface area contributed by atoms with Gasteiger partial charge in [-0.3, -0.25) is 19.2 Å². The molecule has 1 N–H and O–H groups in total. The van der Waals surface area contributed by atoms with Crippen molar-refractivity contribution in [3.63, 3.8) is 0 Å². The van der Waals surface area contributed by atoms with Crippen molar-refractivity contribution < 1.29 is 24.3 Å². The molecule has 2 aliphatic heterocycles. The summed E-state index contributed by atoms with van der Waals surface area (Å²) >= 11 is 0. The lowest BCUT2D eigenvalue weighted by Crippen LogP contribution is -2.43. The highest BCUT2D eigenvalue weighted by Gasteiger charge is 2.48. The van der Waals surface area contributed by atoms with E-state index in [4.69, 9.17) is 19.9 Å². The highest BCUT2D eigenvalue weighted by molar-refractivity contribution is 8.77. The van der Waals surface area contributed by atoms with Gasteiger partial charge in [0.05, 0.1) is 25.9 Å². The van der Waals surface area contributed by atoms with Crippen LogP contribution in [-0.4, -0.2) is 93.8 Å².